The first-order valence-corrected chi connectivity index (χ1v) is 9.91. The smallest absolute Gasteiger partial charge is 0.325 e. The van der Waals surface area contributed by atoms with Gasteiger partial charge in [-0.15, -0.1) is 0 Å². The minimum Gasteiger partial charge on any atom is -0.486 e. The molecule has 0 aliphatic carbocycles. The van der Waals surface area contributed by atoms with Gasteiger partial charge in [-0.25, -0.2) is 13.6 Å². The number of rotatable bonds is 5. The number of imide groups is 1. The van der Waals surface area contributed by atoms with Gasteiger partial charge in [-0.05, 0) is 36.8 Å². The van der Waals surface area contributed by atoms with Gasteiger partial charge in [0.05, 0.1) is 6.54 Å². The van der Waals surface area contributed by atoms with Gasteiger partial charge in [-0.2, -0.15) is 0 Å². The zero-order chi connectivity index (χ0) is 23.0. The van der Waals surface area contributed by atoms with E-state index in [-0.39, 0.29) is 18.7 Å². The highest BCUT2D eigenvalue weighted by molar-refractivity contribution is 6.09. The van der Waals surface area contributed by atoms with Crippen LogP contribution in [0.5, 0.6) is 11.5 Å². The molecule has 0 radical (unpaired) electrons. The summed E-state index contributed by atoms with van der Waals surface area (Å²) in [4.78, 5) is 40.2. The van der Waals surface area contributed by atoms with Gasteiger partial charge < -0.3 is 19.7 Å². The number of fused-ring (bicyclic) bond motifs is 1. The zero-order valence-corrected chi connectivity index (χ0v) is 17.4. The molecule has 4 rings (SSSR count). The summed E-state index contributed by atoms with van der Waals surface area (Å²) in [5.74, 6) is -2.25. The second kappa shape index (κ2) is 8.10. The van der Waals surface area contributed by atoms with E-state index < -0.39 is 47.7 Å². The van der Waals surface area contributed by atoms with Crippen LogP contribution in [0, 0.1) is 11.6 Å². The number of carbonyl (C=O) groups is 3. The molecule has 10 heteroatoms. The van der Waals surface area contributed by atoms with E-state index in [9.17, 15) is 23.2 Å². The molecule has 0 bridgehead atoms. The molecule has 2 atom stereocenters. The molecule has 0 saturated carbocycles. The maximum absolute atomic E-state index is 13.7. The van der Waals surface area contributed by atoms with Crippen molar-refractivity contribution >= 4 is 17.8 Å². The summed E-state index contributed by atoms with van der Waals surface area (Å²) < 4.78 is 38.4. The fourth-order valence-corrected chi connectivity index (χ4v) is 3.66. The van der Waals surface area contributed by atoms with Gasteiger partial charge in [-0.1, -0.05) is 18.2 Å². The summed E-state index contributed by atoms with van der Waals surface area (Å²) in [6, 6.07) is 9.31. The highest BCUT2D eigenvalue weighted by Crippen LogP contribution is 2.31. The van der Waals surface area contributed by atoms with Crippen LogP contribution in [0.4, 0.5) is 13.6 Å². The molecule has 168 valence electrons. The van der Waals surface area contributed by atoms with Gasteiger partial charge in [0.2, 0.25) is 5.91 Å². The Balaban J connectivity index is 1.41. The molecule has 0 aromatic heterocycles. The largest absolute Gasteiger partial charge is 0.486 e. The van der Waals surface area contributed by atoms with Gasteiger partial charge in [0.25, 0.3) is 5.91 Å². The van der Waals surface area contributed by atoms with Crippen molar-refractivity contribution in [3.63, 3.8) is 0 Å². The molecule has 4 amide bonds. The summed E-state index contributed by atoms with van der Waals surface area (Å²) in [5, 5.41) is 2.46. The topological polar surface area (TPSA) is 88.2 Å². The number of likely N-dealkylation sites (N-methyl/N-ethyl adjacent to an activating group) is 1. The first-order valence-electron chi connectivity index (χ1n) is 9.91. The van der Waals surface area contributed by atoms with E-state index in [2.05, 4.69) is 5.32 Å². The van der Waals surface area contributed by atoms with Gasteiger partial charge >= 0.3 is 6.03 Å². The predicted molar refractivity (Wildman–Crippen MR) is 108 cm³/mol. The number of hydrogen-bond acceptors (Lipinski definition) is 5. The molecule has 8 nitrogen and oxygen atoms in total. The van der Waals surface area contributed by atoms with Crippen LogP contribution in [0.3, 0.4) is 0 Å². The quantitative estimate of drug-likeness (QED) is 0.712. The van der Waals surface area contributed by atoms with Crippen LogP contribution in [0.25, 0.3) is 0 Å². The Kier molecular flexibility index (Phi) is 5.45. The average molecular weight is 445 g/mol. The molecule has 2 aliphatic rings. The van der Waals surface area contributed by atoms with E-state index in [1.54, 1.807) is 18.2 Å². The summed E-state index contributed by atoms with van der Waals surface area (Å²) in [7, 11) is 1.53. The molecule has 2 aromatic carbocycles. The number of carbonyl (C=O) groups excluding carboxylic acids is 3. The van der Waals surface area contributed by atoms with Gasteiger partial charge in [-0.3, -0.25) is 14.5 Å². The number of nitrogens with zero attached hydrogens (tertiary/aromatic N) is 2. The summed E-state index contributed by atoms with van der Waals surface area (Å²) >= 11 is 0. The van der Waals surface area contributed by atoms with Crippen LogP contribution < -0.4 is 14.8 Å². The lowest BCUT2D eigenvalue weighted by Crippen LogP contribution is -2.47. The highest BCUT2D eigenvalue weighted by Gasteiger charge is 2.50. The monoisotopic (exact) mass is 445 g/mol. The average Bonchev–Trinajstić information content (AvgIpc) is 2.99. The number of amides is 4. The van der Waals surface area contributed by atoms with Crippen LogP contribution >= 0.6 is 0 Å². The SMILES string of the molecule is CN(CC1COc2ccccc2O1)C(=O)CN1C(=O)NC(C)(c2ccc(F)c(F)c2)C1=O. The Morgan fingerprint density at radius 2 is 1.91 bits per heavy atom. The summed E-state index contributed by atoms with van der Waals surface area (Å²) in [6.07, 6.45) is -0.422. The van der Waals surface area contributed by atoms with Crippen molar-refractivity contribution in [2.45, 2.75) is 18.6 Å². The second-order valence-electron chi connectivity index (χ2n) is 7.85. The van der Waals surface area contributed by atoms with Gasteiger partial charge in [0.15, 0.2) is 29.2 Å². The number of halogens is 2. The maximum atomic E-state index is 13.7. The Morgan fingerprint density at radius 3 is 2.62 bits per heavy atom. The molecule has 32 heavy (non-hydrogen) atoms. The fraction of sp³-hybridized carbons (Fsp3) is 0.318. The van der Waals surface area contributed by atoms with Crippen molar-refractivity contribution in [1.82, 2.24) is 15.1 Å². The second-order valence-corrected chi connectivity index (χ2v) is 7.85. The molecular weight excluding hydrogens is 424 g/mol. The molecule has 2 heterocycles. The molecule has 2 aliphatic heterocycles. The van der Waals surface area contributed by atoms with E-state index in [1.807, 2.05) is 6.07 Å². The van der Waals surface area contributed by atoms with E-state index >= 15 is 0 Å². The van der Waals surface area contributed by atoms with Crippen LogP contribution in [-0.4, -0.2) is 60.5 Å². The molecule has 1 saturated heterocycles. The minimum absolute atomic E-state index is 0.0736. The summed E-state index contributed by atoms with van der Waals surface area (Å²) in [6.45, 7) is 1.28. The Labute approximate surface area is 182 Å². The van der Waals surface area contributed by atoms with Gasteiger partial charge in [0, 0.05) is 7.05 Å². The lowest BCUT2D eigenvalue weighted by Gasteiger charge is -2.30. The van der Waals surface area contributed by atoms with E-state index in [1.165, 1.54) is 24.9 Å². The summed E-state index contributed by atoms with van der Waals surface area (Å²) in [5.41, 5.74) is -1.54. The number of hydrogen-bond donors (Lipinski definition) is 1. The molecule has 0 spiro atoms. The molecule has 1 N–H and O–H groups in total. The van der Waals surface area contributed by atoms with Crippen molar-refractivity contribution in [1.29, 1.82) is 0 Å². The standard InChI is InChI=1S/C22H21F2N3O5/c1-22(13-7-8-15(23)16(24)9-13)20(29)27(21(30)25-22)11-19(28)26(2)10-14-12-31-17-5-3-4-6-18(17)32-14/h3-9,14H,10-12H2,1-2H3,(H,25,30). The van der Waals surface area contributed by atoms with Crippen molar-refractivity contribution in [2.24, 2.45) is 0 Å². The number of nitrogens with one attached hydrogen (secondary N) is 1. The first-order chi connectivity index (χ1) is 15.2. The number of ether oxygens (including phenoxy) is 2. The first kappa shape index (κ1) is 21.5. The lowest BCUT2D eigenvalue weighted by molar-refractivity contribution is -0.138. The van der Waals surface area contributed by atoms with Crippen LogP contribution in [0.2, 0.25) is 0 Å². The zero-order valence-electron chi connectivity index (χ0n) is 17.4. The third-order valence-corrected chi connectivity index (χ3v) is 5.54. The Bertz CT molecular complexity index is 1090. The van der Waals surface area contributed by atoms with Crippen LogP contribution in [0.15, 0.2) is 42.5 Å². The van der Waals surface area contributed by atoms with Gasteiger partial charge in [0.1, 0.15) is 18.7 Å². The van der Waals surface area contributed by atoms with Crippen molar-refractivity contribution in [3.8, 4) is 11.5 Å². The third kappa shape index (κ3) is 3.83. The number of para-hydroxylation sites is 2. The molecule has 2 aromatic rings. The van der Waals surface area contributed by atoms with Crippen molar-refractivity contribution in [3.05, 3.63) is 59.7 Å². The Hall–Kier alpha value is -3.69. The van der Waals surface area contributed by atoms with E-state index in [0.29, 0.717) is 11.5 Å². The van der Waals surface area contributed by atoms with Crippen molar-refractivity contribution < 1.29 is 32.6 Å². The molecule has 1 fully saturated rings. The highest BCUT2D eigenvalue weighted by atomic mass is 19.2. The number of urea groups is 1. The van der Waals surface area contributed by atoms with E-state index in [0.717, 1.165) is 17.0 Å². The van der Waals surface area contributed by atoms with Crippen LogP contribution in [-0.2, 0) is 15.1 Å². The van der Waals surface area contributed by atoms with Crippen molar-refractivity contribution in [2.75, 3.05) is 26.7 Å². The van der Waals surface area contributed by atoms with Crippen LogP contribution in [0.1, 0.15) is 12.5 Å². The molecule has 2 unspecified atom stereocenters. The lowest BCUT2D eigenvalue weighted by atomic mass is 9.92. The maximum Gasteiger partial charge on any atom is 0.325 e. The predicted octanol–water partition coefficient (Wildman–Crippen LogP) is 2.03. The fourth-order valence-electron chi connectivity index (χ4n) is 3.66. The Morgan fingerprint density at radius 1 is 1.19 bits per heavy atom. The van der Waals surface area contributed by atoms with E-state index in [4.69, 9.17) is 9.47 Å². The normalized spacial score (nSPS) is 22.0. The number of benzene rings is 2. The third-order valence-electron chi connectivity index (χ3n) is 5.54. The minimum atomic E-state index is -1.62. The molecular formula is C22H21F2N3O5.